The van der Waals surface area contributed by atoms with Gasteiger partial charge < -0.3 is 14.2 Å². The minimum absolute atomic E-state index is 0.153. The molecule has 2 fully saturated rings. The van der Waals surface area contributed by atoms with Gasteiger partial charge in [0.1, 0.15) is 0 Å². The summed E-state index contributed by atoms with van der Waals surface area (Å²) >= 11 is 0. The van der Waals surface area contributed by atoms with E-state index >= 15 is 0 Å². The highest BCUT2D eigenvalue weighted by atomic mass is 28.1. The molecule has 1 saturated carbocycles. The zero-order valence-electron chi connectivity index (χ0n) is 12.5. The second kappa shape index (κ2) is 6.71. The standard InChI is InChI=1S/C14H24O5Si/c1-8(15)17-14(18-9(2)16)13(20)6-4-10-3-5-11-12(7-10)19-11/h10-14H,3-7H2,1-2,20H3. The van der Waals surface area contributed by atoms with Crippen LogP contribution in [0.2, 0.25) is 5.54 Å². The third kappa shape index (κ3) is 4.59. The fourth-order valence-corrected chi connectivity index (χ4v) is 3.57. The van der Waals surface area contributed by atoms with E-state index in [0.717, 1.165) is 29.5 Å². The monoisotopic (exact) mass is 300 g/mol. The summed E-state index contributed by atoms with van der Waals surface area (Å²) in [4.78, 5) is 22.2. The Hall–Kier alpha value is -0.883. The Bertz CT molecular complexity index is 357. The average molecular weight is 300 g/mol. The molecule has 0 aromatic rings. The predicted molar refractivity (Wildman–Crippen MR) is 76.2 cm³/mol. The van der Waals surface area contributed by atoms with Crippen LogP contribution in [-0.2, 0) is 23.8 Å². The van der Waals surface area contributed by atoms with Gasteiger partial charge in [-0.15, -0.1) is 0 Å². The van der Waals surface area contributed by atoms with Crippen LogP contribution < -0.4 is 0 Å². The van der Waals surface area contributed by atoms with Crippen LogP contribution in [0, 0.1) is 5.92 Å². The van der Waals surface area contributed by atoms with Crippen LogP contribution in [0.1, 0.15) is 46.0 Å². The first-order valence-electron chi connectivity index (χ1n) is 7.45. The van der Waals surface area contributed by atoms with Gasteiger partial charge in [0.2, 0.25) is 6.29 Å². The second-order valence-electron chi connectivity index (χ2n) is 6.03. The van der Waals surface area contributed by atoms with Gasteiger partial charge in [0.25, 0.3) is 0 Å². The van der Waals surface area contributed by atoms with Crippen molar-refractivity contribution in [3.63, 3.8) is 0 Å². The average Bonchev–Trinajstić information content (AvgIpc) is 3.12. The van der Waals surface area contributed by atoms with E-state index in [2.05, 4.69) is 0 Å². The Balaban J connectivity index is 1.75. The molecule has 0 amide bonds. The van der Waals surface area contributed by atoms with E-state index in [4.69, 9.17) is 14.2 Å². The highest BCUT2D eigenvalue weighted by Crippen LogP contribution is 2.41. The lowest BCUT2D eigenvalue weighted by Crippen LogP contribution is -2.28. The molecule has 114 valence electrons. The van der Waals surface area contributed by atoms with Gasteiger partial charge in [0.05, 0.1) is 12.2 Å². The molecule has 1 aliphatic carbocycles. The first-order valence-corrected chi connectivity index (χ1v) is 8.61. The fourth-order valence-electron chi connectivity index (χ4n) is 2.97. The summed E-state index contributed by atoms with van der Waals surface area (Å²) in [5.74, 6) is -0.0986. The van der Waals surface area contributed by atoms with Crippen LogP contribution >= 0.6 is 0 Å². The Labute approximate surface area is 122 Å². The van der Waals surface area contributed by atoms with Crippen molar-refractivity contribution in [3.8, 4) is 0 Å². The molecule has 1 heterocycles. The van der Waals surface area contributed by atoms with Crippen molar-refractivity contribution >= 4 is 22.2 Å². The van der Waals surface area contributed by atoms with Gasteiger partial charge in [-0.05, 0) is 31.6 Å². The molecule has 0 N–H and O–H groups in total. The highest BCUT2D eigenvalue weighted by molar-refractivity contribution is 6.12. The number of hydrogen-bond donors (Lipinski definition) is 0. The van der Waals surface area contributed by atoms with Crippen molar-refractivity contribution in [2.45, 2.75) is 70.0 Å². The Kier molecular flexibility index (Phi) is 5.21. The number of fused-ring (bicyclic) bond motifs is 1. The summed E-state index contributed by atoms with van der Waals surface area (Å²) in [5.41, 5.74) is 0.153. The van der Waals surface area contributed by atoms with Gasteiger partial charge in [-0.2, -0.15) is 0 Å². The summed E-state index contributed by atoms with van der Waals surface area (Å²) in [6, 6.07) is 0. The summed E-state index contributed by atoms with van der Waals surface area (Å²) in [6.45, 7) is 2.69. The minimum Gasteiger partial charge on any atom is -0.425 e. The van der Waals surface area contributed by atoms with Gasteiger partial charge in [0, 0.05) is 29.6 Å². The molecule has 6 heteroatoms. The van der Waals surface area contributed by atoms with Gasteiger partial charge >= 0.3 is 11.9 Å². The van der Waals surface area contributed by atoms with Gasteiger partial charge in [-0.25, -0.2) is 0 Å². The molecule has 0 radical (unpaired) electrons. The van der Waals surface area contributed by atoms with Crippen LogP contribution in [0.25, 0.3) is 0 Å². The lowest BCUT2D eigenvalue weighted by Gasteiger charge is -2.25. The molecule has 2 rings (SSSR count). The summed E-state index contributed by atoms with van der Waals surface area (Å²) in [5, 5.41) is 0. The summed E-state index contributed by atoms with van der Waals surface area (Å²) in [7, 11) is 0.833. The highest BCUT2D eigenvalue weighted by Gasteiger charge is 2.43. The van der Waals surface area contributed by atoms with E-state index in [-0.39, 0.29) is 5.54 Å². The third-order valence-corrected chi connectivity index (χ3v) is 5.29. The van der Waals surface area contributed by atoms with E-state index < -0.39 is 18.2 Å². The van der Waals surface area contributed by atoms with E-state index in [9.17, 15) is 9.59 Å². The van der Waals surface area contributed by atoms with Crippen molar-refractivity contribution in [2.24, 2.45) is 5.92 Å². The van der Waals surface area contributed by atoms with Crippen LogP contribution in [-0.4, -0.2) is 40.7 Å². The van der Waals surface area contributed by atoms with E-state index in [1.165, 1.54) is 26.7 Å². The predicted octanol–water partition coefficient (Wildman–Crippen LogP) is 0.940. The smallest absolute Gasteiger partial charge is 0.305 e. The van der Waals surface area contributed by atoms with E-state index in [1.807, 2.05) is 0 Å². The zero-order chi connectivity index (χ0) is 14.7. The first kappa shape index (κ1) is 15.5. The molecule has 1 aliphatic heterocycles. The molecule has 0 aromatic heterocycles. The SMILES string of the molecule is CC(=O)OC(OC(C)=O)C([SiH3])CCC1CCC2OC2C1. The van der Waals surface area contributed by atoms with Crippen molar-refractivity contribution in [1.82, 2.24) is 0 Å². The van der Waals surface area contributed by atoms with E-state index in [1.54, 1.807) is 0 Å². The Morgan fingerprint density at radius 2 is 1.85 bits per heavy atom. The number of esters is 2. The second-order valence-corrected chi connectivity index (χ2v) is 7.52. The molecule has 4 atom stereocenters. The molecule has 5 nitrogen and oxygen atoms in total. The summed E-state index contributed by atoms with van der Waals surface area (Å²) in [6.07, 6.45) is 5.93. The lowest BCUT2D eigenvalue weighted by atomic mass is 9.85. The molecular weight excluding hydrogens is 276 g/mol. The van der Waals surface area contributed by atoms with Crippen LogP contribution in [0.15, 0.2) is 0 Å². The largest absolute Gasteiger partial charge is 0.425 e. The Morgan fingerprint density at radius 1 is 1.20 bits per heavy atom. The quantitative estimate of drug-likeness (QED) is 0.316. The minimum atomic E-state index is -0.704. The van der Waals surface area contributed by atoms with Gasteiger partial charge in [-0.1, -0.05) is 6.42 Å². The van der Waals surface area contributed by atoms with Crippen molar-refractivity contribution in [1.29, 1.82) is 0 Å². The normalized spacial score (nSPS) is 29.6. The number of rotatable bonds is 6. The molecule has 1 saturated heterocycles. The first-order chi connectivity index (χ1) is 9.45. The fraction of sp³-hybridized carbons (Fsp3) is 0.857. The molecule has 4 unspecified atom stereocenters. The number of ether oxygens (including phenoxy) is 3. The molecule has 0 spiro atoms. The maximum Gasteiger partial charge on any atom is 0.305 e. The molecule has 0 aromatic carbocycles. The summed E-state index contributed by atoms with van der Waals surface area (Å²) < 4.78 is 15.8. The maximum atomic E-state index is 11.1. The number of carbonyl (C=O) groups excluding carboxylic acids is 2. The van der Waals surface area contributed by atoms with Gasteiger partial charge in [0.15, 0.2) is 0 Å². The van der Waals surface area contributed by atoms with Crippen LogP contribution in [0.3, 0.4) is 0 Å². The van der Waals surface area contributed by atoms with Crippen LogP contribution in [0.4, 0.5) is 0 Å². The maximum absolute atomic E-state index is 11.1. The molecule has 0 bridgehead atoms. The van der Waals surface area contributed by atoms with E-state index in [0.29, 0.717) is 18.1 Å². The molecule has 2 aliphatic rings. The molecular formula is C14H24O5Si. The third-order valence-electron chi connectivity index (χ3n) is 4.17. The van der Waals surface area contributed by atoms with Crippen molar-refractivity contribution < 1.29 is 23.8 Å². The number of hydrogen-bond acceptors (Lipinski definition) is 5. The van der Waals surface area contributed by atoms with Gasteiger partial charge in [-0.3, -0.25) is 9.59 Å². The molecule has 20 heavy (non-hydrogen) atoms. The zero-order valence-corrected chi connectivity index (χ0v) is 14.5. The van der Waals surface area contributed by atoms with Crippen LogP contribution in [0.5, 0.6) is 0 Å². The Morgan fingerprint density at radius 3 is 2.40 bits per heavy atom. The van der Waals surface area contributed by atoms with Crippen molar-refractivity contribution in [3.05, 3.63) is 0 Å². The number of epoxide rings is 1. The van der Waals surface area contributed by atoms with Crippen molar-refractivity contribution in [2.75, 3.05) is 0 Å². The number of carbonyl (C=O) groups is 2. The topological polar surface area (TPSA) is 65.1 Å². The lowest BCUT2D eigenvalue weighted by molar-refractivity contribution is -0.185.